The number of ether oxygens (including phenoxy) is 4. The number of aromatic amines is 1. The van der Waals surface area contributed by atoms with E-state index in [0.717, 1.165) is 67.2 Å². The first-order valence-electron chi connectivity index (χ1n) is 24.3. The highest BCUT2D eigenvalue weighted by Gasteiger charge is 2.53. The van der Waals surface area contributed by atoms with Gasteiger partial charge in [0.2, 0.25) is 0 Å². The van der Waals surface area contributed by atoms with E-state index in [2.05, 4.69) is 221 Å². The third kappa shape index (κ3) is 5.73. The fourth-order valence-corrected chi connectivity index (χ4v) is 12.3. The molecule has 0 bridgehead atoms. The van der Waals surface area contributed by atoms with Crippen LogP contribution in [-0.4, -0.2) is 38.0 Å². The van der Waals surface area contributed by atoms with Gasteiger partial charge in [0.25, 0.3) is 0 Å². The van der Waals surface area contributed by atoms with Crippen molar-refractivity contribution >= 4 is 60.7 Å². The van der Waals surface area contributed by atoms with Crippen molar-refractivity contribution in [2.45, 2.75) is 5.41 Å². The summed E-state index contributed by atoms with van der Waals surface area (Å²) in [6.07, 6.45) is 0. The van der Waals surface area contributed by atoms with Crippen molar-refractivity contribution in [3.05, 3.63) is 229 Å². The molecule has 7 nitrogen and oxygen atoms in total. The maximum atomic E-state index is 6.03. The molecule has 0 saturated heterocycles. The minimum absolute atomic E-state index is 0.669. The van der Waals surface area contributed by atoms with Crippen molar-refractivity contribution in [1.29, 1.82) is 0 Å². The third-order valence-corrected chi connectivity index (χ3v) is 15.3. The van der Waals surface area contributed by atoms with E-state index in [0.29, 0.717) is 23.0 Å². The maximum Gasteiger partial charge on any atom is 0.161 e. The van der Waals surface area contributed by atoms with Crippen molar-refractivity contribution in [3.8, 4) is 62.1 Å². The van der Waals surface area contributed by atoms with E-state index in [1.165, 1.54) is 54.8 Å². The van der Waals surface area contributed by atoms with Crippen molar-refractivity contribution in [1.82, 2.24) is 9.55 Å². The molecule has 0 aliphatic heterocycles. The van der Waals surface area contributed by atoms with Crippen LogP contribution in [0.2, 0.25) is 0 Å². The predicted octanol–water partition coefficient (Wildman–Crippen LogP) is 15.9. The molecule has 2 aliphatic rings. The highest BCUT2D eigenvalue weighted by Crippen LogP contribution is 2.66. The van der Waals surface area contributed by atoms with Crippen LogP contribution in [0, 0.1) is 0 Å². The van der Waals surface area contributed by atoms with Gasteiger partial charge in [-0.25, -0.2) is 0 Å². The maximum absolute atomic E-state index is 6.03. The van der Waals surface area contributed by atoms with Crippen LogP contribution >= 0.6 is 0 Å². The molecule has 0 saturated carbocycles. The molecule has 0 unspecified atom stereocenters. The number of anilines is 3. The molecule has 0 amide bonds. The Hall–Kier alpha value is -9.20. The average Bonchev–Trinajstić information content (AvgIpc) is 4.16. The number of methoxy groups -OCH3 is 4. The van der Waals surface area contributed by atoms with Gasteiger partial charge in [0.1, 0.15) is 0 Å². The Morgan fingerprint density at radius 1 is 0.403 bits per heavy atom. The lowest BCUT2D eigenvalue weighted by molar-refractivity contribution is 0.354. The minimum atomic E-state index is -0.697. The molecule has 10 aromatic carbocycles. The van der Waals surface area contributed by atoms with Crippen molar-refractivity contribution in [3.63, 3.8) is 0 Å². The number of rotatable bonds is 9. The molecule has 0 atom stereocenters. The number of aromatic nitrogens is 2. The minimum Gasteiger partial charge on any atom is -0.493 e. The van der Waals surface area contributed by atoms with Crippen LogP contribution in [0.25, 0.3) is 82.7 Å². The van der Waals surface area contributed by atoms with Crippen LogP contribution in [0.1, 0.15) is 22.3 Å². The zero-order chi connectivity index (χ0) is 48.2. The summed E-state index contributed by atoms with van der Waals surface area (Å²) < 4.78 is 26.3. The van der Waals surface area contributed by atoms with Crippen LogP contribution in [0.5, 0.6) is 23.0 Å². The molecular weight excluding hydrogens is 887 g/mol. The number of fused-ring (bicyclic) bond motifs is 17. The smallest absolute Gasteiger partial charge is 0.161 e. The number of benzene rings is 10. The number of hydrogen-bond donors (Lipinski definition) is 1. The summed E-state index contributed by atoms with van der Waals surface area (Å²) in [5, 5.41) is 4.89. The van der Waals surface area contributed by atoms with Crippen molar-refractivity contribution in [2.75, 3.05) is 33.3 Å². The van der Waals surface area contributed by atoms with Gasteiger partial charge in [-0.2, -0.15) is 0 Å². The molecule has 14 rings (SSSR count). The first-order chi connectivity index (χ1) is 35.5. The van der Waals surface area contributed by atoms with E-state index < -0.39 is 5.41 Å². The molecule has 72 heavy (non-hydrogen) atoms. The molecule has 2 aromatic heterocycles. The molecule has 1 spiro atoms. The number of nitrogens with one attached hydrogen (secondary N) is 1. The van der Waals surface area contributed by atoms with E-state index in [1.807, 2.05) is 0 Å². The van der Waals surface area contributed by atoms with E-state index in [4.69, 9.17) is 18.9 Å². The fourth-order valence-electron chi connectivity index (χ4n) is 12.3. The largest absolute Gasteiger partial charge is 0.493 e. The van der Waals surface area contributed by atoms with Gasteiger partial charge in [0.05, 0.1) is 50.4 Å². The summed E-state index contributed by atoms with van der Waals surface area (Å²) in [6.45, 7) is 0. The van der Waals surface area contributed by atoms with E-state index in [9.17, 15) is 0 Å². The molecule has 0 fully saturated rings. The molecule has 0 radical (unpaired) electrons. The Bertz CT molecular complexity index is 4110. The zero-order valence-electron chi connectivity index (χ0n) is 40.2. The summed E-state index contributed by atoms with van der Waals surface area (Å²) in [7, 11) is 6.78. The molecule has 1 N–H and O–H groups in total. The summed E-state index contributed by atoms with van der Waals surface area (Å²) in [6, 6.07) is 74.7. The summed E-state index contributed by atoms with van der Waals surface area (Å²) in [5.74, 6) is 2.69. The number of para-hydroxylation sites is 3. The SMILES string of the molecule is COc1cc2c(cc1OC)C1(c3cc(OC)c(OC)cc3-2)c2ccccc2-c2c(-c3cccc(N(c4ccccc4)c4ccc(-n5c6ccccc6c6ccc7c8ccccc8[nH]c7c65)cc4)c3)cccc21. The Balaban J connectivity index is 0.937. The van der Waals surface area contributed by atoms with Gasteiger partial charge in [0.15, 0.2) is 23.0 Å². The lowest BCUT2D eigenvalue weighted by Crippen LogP contribution is -2.26. The molecule has 2 heterocycles. The lowest BCUT2D eigenvalue weighted by atomic mass is 9.70. The van der Waals surface area contributed by atoms with Crippen LogP contribution < -0.4 is 23.8 Å². The number of hydrogen-bond acceptors (Lipinski definition) is 5. The van der Waals surface area contributed by atoms with Crippen LogP contribution in [0.4, 0.5) is 17.1 Å². The molecule has 346 valence electrons. The topological polar surface area (TPSA) is 60.9 Å². The first-order valence-corrected chi connectivity index (χ1v) is 24.3. The highest BCUT2D eigenvalue weighted by molar-refractivity contribution is 6.22. The molecule has 7 heteroatoms. The second-order valence-electron chi connectivity index (χ2n) is 18.7. The predicted molar refractivity (Wildman–Crippen MR) is 293 cm³/mol. The second-order valence-corrected chi connectivity index (χ2v) is 18.7. The van der Waals surface area contributed by atoms with Gasteiger partial charge >= 0.3 is 0 Å². The van der Waals surface area contributed by atoms with Crippen molar-refractivity contribution < 1.29 is 18.9 Å². The van der Waals surface area contributed by atoms with Crippen LogP contribution in [-0.2, 0) is 5.41 Å². The standard InChI is InChI=1S/C65H47N3O4/c1-69-58-35-50-51-36-59(70-2)61(72-4)38-55(51)65(54(50)37-60(58)71-3)52-24-11-8-22-49(52)62-44(23-15-25-53(62)65)39-16-14-19-43(34-39)67(40-17-6-5-7-18-40)41-28-30-42(31-29-41)68-57-27-13-10-21-46(57)48-33-32-47-45-20-9-12-26-56(45)66-63(47)64(48)68/h5-38,66H,1-4H3. The highest BCUT2D eigenvalue weighted by atomic mass is 16.5. The normalized spacial score (nSPS) is 12.8. The zero-order valence-corrected chi connectivity index (χ0v) is 40.2. The fraction of sp³-hybridized carbons (Fsp3) is 0.0769. The van der Waals surface area contributed by atoms with E-state index >= 15 is 0 Å². The summed E-state index contributed by atoms with van der Waals surface area (Å²) in [4.78, 5) is 6.15. The summed E-state index contributed by atoms with van der Waals surface area (Å²) in [5.41, 5.74) is 19.5. The monoisotopic (exact) mass is 933 g/mol. The Kier molecular flexibility index (Phi) is 9.23. The second kappa shape index (κ2) is 15.9. The van der Waals surface area contributed by atoms with Gasteiger partial charge in [-0.15, -0.1) is 0 Å². The van der Waals surface area contributed by atoms with E-state index in [1.54, 1.807) is 28.4 Å². The van der Waals surface area contributed by atoms with Crippen molar-refractivity contribution in [2.24, 2.45) is 0 Å². The Morgan fingerprint density at radius 2 is 0.972 bits per heavy atom. The first kappa shape index (κ1) is 41.7. The van der Waals surface area contributed by atoms with Gasteiger partial charge in [-0.3, -0.25) is 0 Å². The lowest BCUT2D eigenvalue weighted by Gasteiger charge is -2.31. The number of nitrogens with zero attached hydrogens (tertiary/aromatic N) is 2. The van der Waals surface area contributed by atoms with Gasteiger partial charge in [-0.05, 0) is 141 Å². The number of H-pyrrole nitrogens is 1. The Morgan fingerprint density at radius 3 is 1.71 bits per heavy atom. The van der Waals surface area contributed by atoms with Crippen LogP contribution in [0.15, 0.2) is 206 Å². The Labute approximate surface area is 416 Å². The quantitative estimate of drug-likeness (QED) is 0.156. The molecular formula is C65H47N3O4. The van der Waals surface area contributed by atoms with Gasteiger partial charge in [-0.1, -0.05) is 121 Å². The molecule has 12 aromatic rings. The van der Waals surface area contributed by atoms with Gasteiger partial charge < -0.3 is 33.4 Å². The average molecular weight is 934 g/mol. The van der Waals surface area contributed by atoms with E-state index in [-0.39, 0.29) is 0 Å². The van der Waals surface area contributed by atoms with Crippen LogP contribution in [0.3, 0.4) is 0 Å². The van der Waals surface area contributed by atoms with Gasteiger partial charge in [0, 0.05) is 49.8 Å². The molecule has 2 aliphatic carbocycles. The third-order valence-electron chi connectivity index (χ3n) is 15.3. The summed E-state index contributed by atoms with van der Waals surface area (Å²) >= 11 is 0.